The van der Waals surface area contributed by atoms with Gasteiger partial charge in [0.05, 0.1) is 0 Å². The Morgan fingerprint density at radius 2 is 1.30 bits per heavy atom. The number of carboxylic acids is 1. The first-order chi connectivity index (χ1) is 18.9. The molecular weight excluding hydrogens is 514 g/mol. The maximum atomic E-state index is 13.6. The van der Waals surface area contributed by atoms with Crippen molar-refractivity contribution in [2.75, 3.05) is 6.54 Å². The Bertz CT molecular complexity index is 832. The average molecular weight is 568 g/mol. The number of hydrogen-bond acceptors (Lipinski definition) is 6. The van der Waals surface area contributed by atoms with Gasteiger partial charge in [-0.3, -0.25) is 19.2 Å². The summed E-state index contributed by atoms with van der Waals surface area (Å²) in [4.78, 5) is 63.8. The first-order valence-corrected chi connectivity index (χ1v) is 15.1. The Morgan fingerprint density at radius 1 is 0.775 bits per heavy atom. The molecule has 1 aliphatic carbocycles. The van der Waals surface area contributed by atoms with Crippen LogP contribution in [0.3, 0.4) is 0 Å². The number of aliphatic carboxylic acids is 1. The van der Waals surface area contributed by atoms with Gasteiger partial charge in [-0.15, -0.1) is 0 Å². The largest absolute Gasteiger partial charge is 0.480 e. The SMILES string of the molecule is CC[C@H](C)[C@H](NC(C)=O)C(=O)N[C@H](C(=O)N[C@@H](CC1CCCCC1)C(=O)N[C@@H](CCCCN)C(=O)O)[C@@H](C)CC. The fourth-order valence-corrected chi connectivity index (χ4v) is 5.14. The summed E-state index contributed by atoms with van der Waals surface area (Å²) in [6.45, 7) is 9.30. The van der Waals surface area contributed by atoms with Gasteiger partial charge in [0.25, 0.3) is 0 Å². The summed E-state index contributed by atoms with van der Waals surface area (Å²) < 4.78 is 0. The van der Waals surface area contributed by atoms with Gasteiger partial charge in [-0.25, -0.2) is 4.79 Å². The molecule has 40 heavy (non-hydrogen) atoms. The first-order valence-electron chi connectivity index (χ1n) is 15.1. The van der Waals surface area contributed by atoms with E-state index in [2.05, 4.69) is 21.3 Å². The molecule has 0 saturated heterocycles. The molecule has 1 saturated carbocycles. The number of amides is 4. The summed E-state index contributed by atoms with van der Waals surface area (Å²) in [5.41, 5.74) is 5.53. The van der Waals surface area contributed by atoms with Crippen LogP contribution >= 0.6 is 0 Å². The van der Waals surface area contributed by atoms with Crippen LogP contribution in [0.25, 0.3) is 0 Å². The fraction of sp³-hybridized carbons (Fsp3) is 0.828. The first kappa shape index (κ1) is 35.3. The molecule has 6 atom stereocenters. The highest BCUT2D eigenvalue weighted by Crippen LogP contribution is 2.27. The lowest BCUT2D eigenvalue weighted by atomic mass is 9.84. The van der Waals surface area contributed by atoms with Crippen molar-refractivity contribution in [3.63, 3.8) is 0 Å². The maximum Gasteiger partial charge on any atom is 0.326 e. The number of nitrogens with one attached hydrogen (secondary N) is 4. The lowest BCUT2D eigenvalue weighted by Gasteiger charge is -2.31. The zero-order valence-electron chi connectivity index (χ0n) is 25.1. The van der Waals surface area contributed by atoms with E-state index in [1.165, 1.54) is 6.92 Å². The van der Waals surface area contributed by atoms with E-state index in [9.17, 15) is 29.1 Å². The molecule has 0 heterocycles. The molecule has 0 aromatic heterocycles. The van der Waals surface area contributed by atoms with Crippen molar-refractivity contribution in [2.24, 2.45) is 23.5 Å². The monoisotopic (exact) mass is 567 g/mol. The van der Waals surface area contributed by atoms with E-state index < -0.39 is 47.9 Å². The van der Waals surface area contributed by atoms with Gasteiger partial charge in [-0.2, -0.15) is 0 Å². The van der Waals surface area contributed by atoms with Gasteiger partial charge in [0, 0.05) is 6.92 Å². The van der Waals surface area contributed by atoms with Crippen molar-refractivity contribution in [3.8, 4) is 0 Å². The lowest BCUT2D eigenvalue weighted by molar-refractivity contribution is -0.142. The van der Waals surface area contributed by atoms with Crippen LogP contribution in [0.4, 0.5) is 0 Å². The smallest absolute Gasteiger partial charge is 0.326 e. The van der Waals surface area contributed by atoms with Crippen LogP contribution < -0.4 is 27.0 Å². The molecule has 0 unspecified atom stereocenters. The van der Waals surface area contributed by atoms with E-state index in [1.807, 2.05) is 27.7 Å². The van der Waals surface area contributed by atoms with Crippen LogP contribution in [0.5, 0.6) is 0 Å². The normalized spacial score (nSPS) is 18.4. The van der Waals surface area contributed by atoms with Gasteiger partial charge in [-0.1, -0.05) is 72.6 Å². The Morgan fingerprint density at radius 3 is 1.80 bits per heavy atom. The van der Waals surface area contributed by atoms with Crippen molar-refractivity contribution < 1.29 is 29.1 Å². The van der Waals surface area contributed by atoms with Gasteiger partial charge in [0.2, 0.25) is 23.6 Å². The van der Waals surface area contributed by atoms with Crippen LogP contribution in [0.1, 0.15) is 105 Å². The minimum atomic E-state index is -1.13. The molecule has 4 amide bonds. The van der Waals surface area contributed by atoms with Gasteiger partial charge in [0.1, 0.15) is 24.2 Å². The quantitative estimate of drug-likeness (QED) is 0.137. The van der Waals surface area contributed by atoms with Crippen molar-refractivity contribution in [2.45, 2.75) is 129 Å². The molecule has 0 bridgehead atoms. The van der Waals surface area contributed by atoms with E-state index in [0.717, 1.165) is 32.1 Å². The third-order valence-electron chi connectivity index (χ3n) is 8.14. The number of unbranched alkanes of at least 4 members (excludes halogenated alkanes) is 1. The van der Waals surface area contributed by atoms with Crippen LogP contribution in [-0.2, 0) is 24.0 Å². The zero-order chi connectivity index (χ0) is 30.2. The highest BCUT2D eigenvalue weighted by molar-refractivity contribution is 5.95. The van der Waals surface area contributed by atoms with E-state index in [4.69, 9.17) is 5.73 Å². The van der Waals surface area contributed by atoms with Crippen LogP contribution in [0.15, 0.2) is 0 Å². The molecule has 1 fully saturated rings. The topological polar surface area (TPSA) is 180 Å². The third kappa shape index (κ3) is 12.2. The second-order valence-electron chi connectivity index (χ2n) is 11.4. The lowest BCUT2D eigenvalue weighted by Crippen LogP contribution is -2.60. The Hall–Kier alpha value is -2.69. The molecule has 11 heteroatoms. The van der Waals surface area contributed by atoms with Crippen LogP contribution in [0.2, 0.25) is 0 Å². The Labute approximate surface area is 239 Å². The van der Waals surface area contributed by atoms with E-state index in [1.54, 1.807) is 0 Å². The summed E-state index contributed by atoms with van der Waals surface area (Å²) in [5.74, 6) is -3.13. The van der Waals surface area contributed by atoms with Crippen LogP contribution in [0, 0.1) is 17.8 Å². The van der Waals surface area contributed by atoms with E-state index >= 15 is 0 Å². The minimum absolute atomic E-state index is 0.151. The second-order valence-corrected chi connectivity index (χ2v) is 11.4. The zero-order valence-corrected chi connectivity index (χ0v) is 25.1. The Balaban J connectivity index is 3.15. The molecule has 0 aromatic rings. The summed E-state index contributed by atoms with van der Waals surface area (Å²) >= 11 is 0. The van der Waals surface area contributed by atoms with Gasteiger partial charge in [-0.05, 0) is 50.0 Å². The number of rotatable bonds is 18. The molecule has 7 N–H and O–H groups in total. The van der Waals surface area contributed by atoms with Gasteiger partial charge in [0.15, 0.2) is 0 Å². The van der Waals surface area contributed by atoms with Crippen molar-refractivity contribution in [3.05, 3.63) is 0 Å². The summed E-state index contributed by atoms with van der Waals surface area (Å²) in [7, 11) is 0. The highest BCUT2D eigenvalue weighted by Gasteiger charge is 2.35. The van der Waals surface area contributed by atoms with E-state index in [0.29, 0.717) is 38.6 Å². The molecule has 11 nitrogen and oxygen atoms in total. The number of carbonyl (C=O) groups is 5. The van der Waals surface area contributed by atoms with Crippen LogP contribution in [-0.4, -0.2) is 65.4 Å². The molecule has 0 aliphatic heterocycles. The molecule has 0 spiro atoms. The third-order valence-corrected chi connectivity index (χ3v) is 8.14. The predicted molar refractivity (Wildman–Crippen MR) is 154 cm³/mol. The number of hydrogen-bond donors (Lipinski definition) is 6. The standard InChI is InChI=1S/C29H53N5O6/c1-6-18(3)24(31-20(5)35)28(38)34-25(19(4)7-2)27(37)33-23(17-21-13-9-8-10-14-21)26(36)32-22(29(39)40)15-11-12-16-30/h18-19,21-25H,6-17,30H2,1-5H3,(H,31,35)(H,32,36)(H,33,37)(H,34,38)(H,39,40)/t18-,19-,22-,23-,24-,25-/m0/s1. The minimum Gasteiger partial charge on any atom is -0.480 e. The molecule has 230 valence electrons. The van der Waals surface area contributed by atoms with Gasteiger partial charge >= 0.3 is 5.97 Å². The number of carboxylic acid groups (broad SMARTS) is 1. The average Bonchev–Trinajstić information content (AvgIpc) is 2.92. The molecule has 0 radical (unpaired) electrons. The number of carbonyl (C=O) groups excluding carboxylic acids is 4. The predicted octanol–water partition coefficient (Wildman–Crippen LogP) is 2.22. The van der Waals surface area contributed by atoms with Crippen molar-refractivity contribution in [1.29, 1.82) is 0 Å². The fourth-order valence-electron chi connectivity index (χ4n) is 5.14. The molecule has 1 aliphatic rings. The summed E-state index contributed by atoms with van der Waals surface area (Å²) in [5, 5.41) is 20.7. The summed E-state index contributed by atoms with van der Waals surface area (Å²) in [6.07, 6.45) is 8.21. The Kier molecular flexibility index (Phi) is 16.4. The van der Waals surface area contributed by atoms with E-state index in [-0.39, 0.29) is 30.1 Å². The molecular formula is C29H53N5O6. The molecule has 1 rings (SSSR count). The highest BCUT2D eigenvalue weighted by atomic mass is 16.4. The summed E-state index contributed by atoms with van der Waals surface area (Å²) in [6, 6.07) is -3.74. The van der Waals surface area contributed by atoms with Crippen molar-refractivity contribution >= 4 is 29.6 Å². The molecule has 0 aromatic carbocycles. The second kappa shape index (κ2) is 18.6. The maximum absolute atomic E-state index is 13.6. The van der Waals surface area contributed by atoms with Crippen molar-refractivity contribution in [1.82, 2.24) is 21.3 Å². The number of nitrogens with two attached hydrogens (primary N) is 1. The van der Waals surface area contributed by atoms with Gasteiger partial charge < -0.3 is 32.1 Å².